The van der Waals surface area contributed by atoms with Crippen molar-refractivity contribution in [3.8, 4) is 17.0 Å². The van der Waals surface area contributed by atoms with Gasteiger partial charge in [0, 0.05) is 29.4 Å². The van der Waals surface area contributed by atoms with Gasteiger partial charge in [0.25, 0.3) is 0 Å². The van der Waals surface area contributed by atoms with Crippen molar-refractivity contribution in [2.45, 2.75) is 38.1 Å². The van der Waals surface area contributed by atoms with Crippen molar-refractivity contribution in [3.63, 3.8) is 0 Å². The first-order chi connectivity index (χ1) is 16.2. The summed E-state index contributed by atoms with van der Waals surface area (Å²) in [6.07, 6.45) is -0.884. The first kappa shape index (κ1) is 23.2. The fourth-order valence-corrected chi connectivity index (χ4v) is 3.71. The van der Waals surface area contributed by atoms with Crippen molar-refractivity contribution >= 4 is 23.1 Å². The molecule has 1 saturated carbocycles. The number of alkyl halides is 3. The molecule has 0 atom stereocenters. The number of ether oxygens (including phenoxy) is 1. The van der Waals surface area contributed by atoms with Gasteiger partial charge in [0.05, 0.1) is 10.6 Å². The molecule has 1 aliphatic carbocycles. The Hall–Kier alpha value is -3.96. The van der Waals surface area contributed by atoms with Crippen LogP contribution in [-0.4, -0.2) is 27.3 Å². The number of hydrogen-bond donors (Lipinski definition) is 2. The lowest BCUT2D eigenvalue weighted by atomic mass is 10.1. The van der Waals surface area contributed by atoms with Crippen LogP contribution in [0.2, 0.25) is 0 Å². The van der Waals surface area contributed by atoms with E-state index in [0.29, 0.717) is 11.3 Å². The van der Waals surface area contributed by atoms with Gasteiger partial charge in [-0.1, -0.05) is 25.0 Å². The third-order valence-corrected chi connectivity index (χ3v) is 5.19. The third kappa shape index (κ3) is 5.88. The molecule has 178 valence electrons. The van der Waals surface area contributed by atoms with E-state index in [1.807, 2.05) is 0 Å². The Morgan fingerprint density at radius 3 is 2.53 bits per heavy atom. The summed E-state index contributed by atoms with van der Waals surface area (Å²) in [5.41, 5.74) is 0.133. The third-order valence-electron chi connectivity index (χ3n) is 5.19. The monoisotopic (exact) mass is 477 g/mol. The van der Waals surface area contributed by atoms with Crippen molar-refractivity contribution in [3.05, 3.63) is 64.5 Å². The van der Waals surface area contributed by atoms with E-state index in [0.717, 1.165) is 37.8 Å². The molecule has 2 N–H and O–H groups in total. The van der Waals surface area contributed by atoms with Crippen molar-refractivity contribution in [2.24, 2.45) is 0 Å². The molecule has 34 heavy (non-hydrogen) atoms. The standard InChI is InChI=1S/C22H19F4N5O3/c23-17-9-8-15(11-19(17)31(32)33)27-20-12-18(29-21(30-20)28-14-5-1-2-6-14)13-4-3-7-16(10-13)34-22(24,25)26/h3-4,7-12,14H,1-2,5-6H2,(H2,27,28,29,30). The summed E-state index contributed by atoms with van der Waals surface area (Å²) in [5, 5.41) is 17.2. The van der Waals surface area contributed by atoms with Gasteiger partial charge in [0.2, 0.25) is 11.8 Å². The Morgan fingerprint density at radius 1 is 1.06 bits per heavy atom. The number of hydrogen-bond acceptors (Lipinski definition) is 7. The summed E-state index contributed by atoms with van der Waals surface area (Å²) < 4.78 is 55.6. The Bertz CT molecular complexity index is 1200. The highest BCUT2D eigenvalue weighted by molar-refractivity contribution is 5.69. The van der Waals surface area contributed by atoms with Crippen LogP contribution < -0.4 is 15.4 Å². The van der Waals surface area contributed by atoms with E-state index in [1.165, 1.54) is 30.3 Å². The number of nitrogens with one attached hydrogen (secondary N) is 2. The van der Waals surface area contributed by atoms with Crippen LogP contribution >= 0.6 is 0 Å². The Balaban J connectivity index is 1.69. The predicted octanol–water partition coefficient (Wildman–Crippen LogP) is 6.19. The molecular formula is C22H19F4N5O3. The smallest absolute Gasteiger partial charge is 0.406 e. The van der Waals surface area contributed by atoms with Gasteiger partial charge < -0.3 is 15.4 Å². The van der Waals surface area contributed by atoms with E-state index in [1.54, 1.807) is 6.07 Å². The molecule has 1 heterocycles. The highest BCUT2D eigenvalue weighted by Gasteiger charge is 2.31. The quantitative estimate of drug-likeness (QED) is 0.238. The number of benzene rings is 2. The van der Waals surface area contributed by atoms with Gasteiger partial charge in [0.15, 0.2) is 0 Å². The van der Waals surface area contributed by atoms with Crippen molar-refractivity contribution in [2.75, 3.05) is 10.6 Å². The molecule has 0 unspecified atom stereocenters. The average molecular weight is 477 g/mol. The van der Waals surface area contributed by atoms with Gasteiger partial charge in [-0.05, 0) is 37.1 Å². The molecule has 3 aromatic rings. The molecule has 0 bridgehead atoms. The van der Waals surface area contributed by atoms with Crippen LogP contribution in [0.15, 0.2) is 48.5 Å². The maximum absolute atomic E-state index is 13.7. The van der Waals surface area contributed by atoms with Gasteiger partial charge in [-0.3, -0.25) is 10.1 Å². The highest BCUT2D eigenvalue weighted by atomic mass is 19.4. The molecular weight excluding hydrogens is 458 g/mol. The zero-order chi connectivity index (χ0) is 24.3. The van der Waals surface area contributed by atoms with Crippen LogP contribution in [0.25, 0.3) is 11.3 Å². The lowest BCUT2D eigenvalue weighted by molar-refractivity contribution is -0.387. The number of aromatic nitrogens is 2. The van der Waals surface area contributed by atoms with E-state index in [4.69, 9.17) is 0 Å². The van der Waals surface area contributed by atoms with Crippen LogP contribution in [0.1, 0.15) is 25.7 Å². The molecule has 1 aromatic heterocycles. The van der Waals surface area contributed by atoms with Gasteiger partial charge >= 0.3 is 12.0 Å². The lowest BCUT2D eigenvalue weighted by Crippen LogP contribution is -2.17. The van der Waals surface area contributed by atoms with Gasteiger partial charge in [0.1, 0.15) is 11.6 Å². The van der Waals surface area contributed by atoms with Crippen LogP contribution in [0, 0.1) is 15.9 Å². The Labute approximate surface area is 191 Å². The predicted molar refractivity (Wildman–Crippen MR) is 116 cm³/mol. The molecule has 0 radical (unpaired) electrons. The van der Waals surface area contributed by atoms with E-state index in [-0.39, 0.29) is 23.5 Å². The summed E-state index contributed by atoms with van der Waals surface area (Å²) >= 11 is 0. The second-order valence-electron chi connectivity index (χ2n) is 7.71. The van der Waals surface area contributed by atoms with E-state index in [2.05, 4.69) is 25.3 Å². The fraction of sp³-hybridized carbons (Fsp3) is 0.273. The van der Waals surface area contributed by atoms with Gasteiger partial charge in [-0.15, -0.1) is 13.2 Å². The summed E-state index contributed by atoms with van der Waals surface area (Å²) in [6.45, 7) is 0. The summed E-state index contributed by atoms with van der Waals surface area (Å²) in [6, 6.07) is 10.3. The minimum atomic E-state index is -4.84. The minimum absolute atomic E-state index is 0.148. The number of halogens is 4. The number of anilines is 3. The zero-order valence-electron chi connectivity index (χ0n) is 17.6. The highest BCUT2D eigenvalue weighted by Crippen LogP contribution is 2.31. The summed E-state index contributed by atoms with van der Waals surface area (Å²) in [5.74, 6) is -0.930. The molecule has 1 aliphatic rings. The molecule has 0 aliphatic heterocycles. The van der Waals surface area contributed by atoms with E-state index < -0.39 is 28.5 Å². The molecule has 1 fully saturated rings. The fourth-order valence-electron chi connectivity index (χ4n) is 3.71. The van der Waals surface area contributed by atoms with Crippen LogP contribution in [0.5, 0.6) is 5.75 Å². The lowest BCUT2D eigenvalue weighted by Gasteiger charge is -2.15. The Morgan fingerprint density at radius 2 is 1.82 bits per heavy atom. The number of nitro groups is 1. The molecule has 0 amide bonds. The number of nitrogens with zero attached hydrogens (tertiary/aromatic N) is 3. The SMILES string of the molecule is O=[N+]([O-])c1cc(Nc2cc(-c3cccc(OC(F)(F)F)c3)nc(NC3CCCC3)n2)ccc1F. The molecule has 12 heteroatoms. The largest absolute Gasteiger partial charge is 0.573 e. The summed E-state index contributed by atoms with van der Waals surface area (Å²) in [7, 11) is 0. The second-order valence-corrected chi connectivity index (χ2v) is 7.71. The molecule has 2 aromatic carbocycles. The van der Waals surface area contributed by atoms with Gasteiger partial charge in [-0.2, -0.15) is 9.37 Å². The normalized spacial score (nSPS) is 14.1. The number of rotatable bonds is 7. The minimum Gasteiger partial charge on any atom is -0.406 e. The molecule has 0 saturated heterocycles. The average Bonchev–Trinajstić information content (AvgIpc) is 3.27. The maximum Gasteiger partial charge on any atom is 0.573 e. The van der Waals surface area contributed by atoms with Crippen molar-refractivity contribution < 1.29 is 27.2 Å². The second kappa shape index (κ2) is 9.49. The van der Waals surface area contributed by atoms with Crippen LogP contribution in [0.4, 0.5) is 40.7 Å². The Kier molecular flexibility index (Phi) is 6.48. The van der Waals surface area contributed by atoms with Crippen molar-refractivity contribution in [1.82, 2.24) is 9.97 Å². The van der Waals surface area contributed by atoms with Crippen LogP contribution in [0.3, 0.4) is 0 Å². The number of nitro benzene ring substituents is 1. The molecule has 4 rings (SSSR count). The maximum atomic E-state index is 13.7. The van der Waals surface area contributed by atoms with E-state index in [9.17, 15) is 27.7 Å². The van der Waals surface area contributed by atoms with Crippen LogP contribution in [-0.2, 0) is 0 Å². The van der Waals surface area contributed by atoms with Gasteiger partial charge in [-0.25, -0.2) is 4.98 Å². The summed E-state index contributed by atoms with van der Waals surface area (Å²) in [4.78, 5) is 19.0. The zero-order valence-corrected chi connectivity index (χ0v) is 17.6. The first-order valence-electron chi connectivity index (χ1n) is 10.4. The molecule has 0 spiro atoms. The first-order valence-corrected chi connectivity index (χ1v) is 10.4. The van der Waals surface area contributed by atoms with Crippen molar-refractivity contribution in [1.29, 1.82) is 0 Å². The van der Waals surface area contributed by atoms with E-state index >= 15 is 0 Å². The molecule has 8 nitrogen and oxygen atoms in total. The topological polar surface area (TPSA) is 102 Å².